The first kappa shape index (κ1) is 20.9. The standard InChI is InChI=1S/C24H18N2O3S2/c1-16-7-3-4-9-19(16)22(15-25)21-13-14-30-24(21)26-29-31(27,28)23-12-11-17(2)18-8-5-6-10-20(18)23/h3-14H,1-2H3/b22-21+,26-24-. The van der Waals surface area contributed by atoms with Gasteiger partial charge in [0.1, 0.15) is 16.0 Å². The van der Waals surface area contributed by atoms with Crippen LogP contribution in [0.15, 0.2) is 87.8 Å². The van der Waals surface area contributed by atoms with Crippen LogP contribution < -0.4 is 0 Å². The highest BCUT2D eigenvalue weighted by Crippen LogP contribution is 2.33. The van der Waals surface area contributed by atoms with Gasteiger partial charge in [-0.2, -0.15) is 13.7 Å². The molecule has 0 saturated heterocycles. The molecule has 5 nitrogen and oxygen atoms in total. The van der Waals surface area contributed by atoms with Gasteiger partial charge >= 0.3 is 10.1 Å². The van der Waals surface area contributed by atoms with Crippen molar-refractivity contribution in [2.24, 2.45) is 5.16 Å². The SMILES string of the molecule is Cc1ccccc1/C(C#N)=C1\C=CS\C1=N/OS(=O)(=O)c1ccc(C)c2ccccc12. The number of fused-ring (bicyclic) bond motifs is 1. The zero-order valence-corrected chi connectivity index (χ0v) is 18.5. The largest absolute Gasteiger partial charge is 0.359 e. The summed E-state index contributed by atoms with van der Waals surface area (Å²) in [5.41, 5.74) is 3.63. The van der Waals surface area contributed by atoms with E-state index in [0.717, 1.165) is 22.1 Å². The van der Waals surface area contributed by atoms with Crippen molar-refractivity contribution in [3.8, 4) is 6.07 Å². The average Bonchev–Trinajstić information content (AvgIpc) is 3.23. The van der Waals surface area contributed by atoms with Crippen LogP contribution >= 0.6 is 11.8 Å². The summed E-state index contributed by atoms with van der Waals surface area (Å²) in [4.78, 5) is 0.0546. The molecule has 154 valence electrons. The zero-order valence-electron chi connectivity index (χ0n) is 16.9. The molecule has 0 fully saturated rings. The molecule has 0 aliphatic carbocycles. The first-order chi connectivity index (χ1) is 14.9. The lowest BCUT2D eigenvalue weighted by molar-refractivity contribution is 0.341. The predicted octanol–water partition coefficient (Wildman–Crippen LogP) is 5.71. The molecule has 0 radical (unpaired) electrons. The van der Waals surface area contributed by atoms with Gasteiger partial charge in [0.05, 0.1) is 5.57 Å². The molecule has 31 heavy (non-hydrogen) atoms. The Morgan fingerprint density at radius 1 is 0.968 bits per heavy atom. The minimum Gasteiger partial charge on any atom is -0.264 e. The van der Waals surface area contributed by atoms with E-state index in [1.165, 1.54) is 17.8 Å². The number of benzene rings is 3. The lowest BCUT2D eigenvalue weighted by Crippen LogP contribution is -2.06. The van der Waals surface area contributed by atoms with Gasteiger partial charge in [-0.05, 0) is 53.5 Å². The fourth-order valence-electron chi connectivity index (χ4n) is 3.44. The minimum atomic E-state index is -4.15. The number of hydrogen-bond donors (Lipinski definition) is 0. The molecule has 3 aromatic carbocycles. The number of hydrogen-bond acceptors (Lipinski definition) is 6. The number of oxime groups is 1. The molecule has 7 heteroatoms. The van der Waals surface area contributed by atoms with Crippen LogP contribution in [0.2, 0.25) is 0 Å². The highest BCUT2D eigenvalue weighted by atomic mass is 32.2. The normalized spacial score (nSPS) is 16.5. The number of allylic oxidation sites excluding steroid dienone is 2. The second-order valence-electron chi connectivity index (χ2n) is 6.99. The number of nitriles is 1. The summed E-state index contributed by atoms with van der Waals surface area (Å²) in [6.45, 7) is 3.84. The van der Waals surface area contributed by atoms with E-state index < -0.39 is 10.1 Å². The first-order valence-electron chi connectivity index (χ1n) is 9.46. The number of thioether (sulfide) groups is 1. The second-order valence-corrected chi connectivity index (χ2v) is 9.38. The van der Waals surface area contributed by atoms with Gasteiger partial charge in [0, 0.05) is 11.0 Å². The third-order valence-electron chi connectivity index (χ3n) is 5.03. The summed E-state index contributed by atoms with van der Waals surface area (Å²) in [6, 6.07) is 20.3. The van der Waals surface area contributed by atoms with E-state index in [4.69, 9.17) is 4.28 Å². The quantitative estimate of drug-likeness (QED) is 0.379. The van der Waals surface area contributed by atoms with Crippen LogP contribution in [-0.4, -0.2) is 13.5 Å². The highest BCUT2D eigenvalue weighted by Gasteiger charge is 2.23. The Hall–Kier alpha value is -3.34. The van der Waals surface area contributed by atoms with Crippen molar-refractivity contribution in [1.82, 2.24) is 0 Å². The Bertz CT molecular complexity index is 1430. The Labute approximate surface area is 185 Å². The van der Waals surface area contributed by atoms with Gasteiger partial charge in [-0.25, -0.2) is 0 Å². The molecule has 1 aliphatic rings. The molecule has 0 aromatic heterocycles. The Morgan fingerprint density at radius 2 is 1.68 bits per heavy atom. The van der Waals surface area contributed by atoms with Crippen LogP contribution in [0, 0.1) is 25.2 Å². The molecule has 0 N–H and O–H groups in total. The van der Waals surface area contributed by atoms with Gasteiger partial charge in [-0.3, -0.25) is 4.28 Å². The van der Waals surface area contributed by atoms with Crippen molar-refractivity contribution < 1.29 is 12.7 Å². The number of rotatable bonds is 4. The fourth-order valence-corrected chi connectivity index (χ4v) is 5.14. The third kappa shape index (κ3) is 4.00. The summed E-state index contributed by atoms with van der Waals surface area (Å²) in [6.07, 6.45) is 1.74. The third-order valence-corrected chi connectivity index (χ3v) is 6.99. The van der Waals surface area contributed by atoms with Crippen molar-refractivity contribution in [1.29, 1.82) is 5.26 Å². The summed E-state index contributed by atoms with van der Waals surface area (Å²) >= 11 is 1.21. The Balaban J connectivity index is 1.74. The van der Waals surface area contributed by atoms with Gasteiger partial charge in [-0.15, -0.1) is 0 Å². The van der Waals surface area contributed by atoms with Crippen LogP contribution in [0.1, 0.15) is 16.7 Å². The number of aryl methyl sites for hydroxylation is 2. The van der Waals surface area contributed by atoms with Crippen LogP contribution in [0.5, 0.6) is 0 Å². The topological polar surface area (TPSA) is 79.5 Å². The van der Waals surface area contributed by atoms with Crippen molar-refractivity contribution in [3.05, 3.63) is 94.4 Å². The van der Waals surface area contributed by atoms with E-state index in [9.17, 15) is 13.7 Å². The van der Waals surface area contributed by atoms with Crippen LogP contribution in [0.25, 0.3) is 16.3 Å². The molecule has 0 amide bonds. The van der Waals surface area contributed by atoms with Crippen LogP contribution in [0.3, 0.4) is 0 Å². The summed E-state index contributed by atoms with van der Waals surface area (Å²) in [5, 5.41) is 17.2. The smallest absolute Gasteiger partial charge is 0.264 e. The van der Waals surface area contributed by atoms with Crippen LogP contribution in [-0.2, 0) is 14.4 Å². The van der Waals surface area contributed by atoms with Crippen molar-refractivity contribution in [2.75, 3.05) is 0 Å². The molecular weight excluding hydrogens is 428 g/mol. The molecule has 0 saturated carbocycles. The average molecular weight is 447 g/mol. The first-order valence-corrected chi connectivity index (χ1v) is 11.7. The number of nitrogens with zero attached hydrogens (tertiary/aromatic N) is 2. The van der Waals surface area contributed by atoms with Crippen molar-refractivity contribution in [2.45, 2.75) is 18.7 Å². The molecule has 0 atom stereocenters. The summed E-state index contributed by atoms with van der Waals surface area (Å²) in [7, 11) is -4.15. The lowest BCUT2D eigenvalue weighted by atomic mass is 9.97. The molecule has 4 rings (SSSR count). The molecule has 3 aromatic rings. The fraction of sp³-hybridized carbons (Fsp3) is 0.0833. The second kappa shape index (κ2) is 8.42. The molecule has 0 spiro atoms. The molecule has 0 unspecified atom stereocenters. The van der Waals surface area contributed by atoms with Gasteiger partial charge < -0.3 is 0 Å². The van der Waals surface area contributed by atoms with Gasteiger partial charge in [0.25, 0.3) is 0 Å². The maximum Gasteiger partial charge on any atom is 0.359 e. The van der Waals surface area contributed by atoms with Crippen molar-refractivity contribution in [3.63, 3.8) is 0 Å². The summed E-state index contributed by atoms with van der Waals surface area (Å²) in [5.74, 6) is 0. The maximum absolute atomic E-state index is 12.9. The lowest BCUT2D eigenvalue weighted by Gasteiger charge is -2.09. The molecular formula is C24H18N2O3S2. The Kier molecular flexibility index (Phi) is 5.68. The highest BCUT2D eigenvalue weighted by molar-refractivity contribution is 8.17. The minimum absolute atomic E-state index is 0.0546. The van der Waals surface area contributed by atoms with E-state index >= 15 is 0 Å². The maximum atomic E-state index is 12.9. The van der Waals surface area contributed by atoms with Gasteiger partial charge in [-0.1, -0.05) is 71.5 Å². The molecule has 0 bridgehead atoms. The molecule has 1 aliphatic heterocycles. The predicted molar refractivity (Wildman–Crippen MR) is 125 cm³/mol. The summed E-state index contributed by atoms with van der Waals surface area (Å²) < 4.78 is 31.0. The van der Waals surface area contributed by atoms with Crippen molar-refractivity contribution >= 4 is 43.3 Å². The van der Waals surface area contributed by atoms with E-state index in [-0.39, 0.29) is 4.90 Å². The Morgan fingerprint density at radius 3 is 2.42 bits per heavy atom. The van der Waals surface area contributed by atoms with Gasteiger partial charge in [0.2, 0.25) is 0 Å². The van der Waals surface area contributed by atoms with Crippen LogP contribution in [0.4, 0.5) is 0 Å². The zero-order chi connectivity index (χ0) is 22.0. The van der Waals surface area contributed by atoms with E-state index in [0.29, 0.717) is 21.6 Å². The van der Waals surface area contributed by atoms with Gasteiger partial charge in [0.15, 0.2) is 0 Å². The monoisotopic (exact) mass is 446 g/mol. The molecule has 1 heterocycles. The van der Waals surface area contributed by atoms with E-state index in [1.807, 2.05) is 50.2 Å². The van der Waals surface area contributed by atoms with E-state index in [1.54, 1.807) is 29.7 Å². The van der Waals surface area contributed by atoms with E-state index in [2.05, 4.69) is 11.2 Å².